The fourth-order valence-electron chi connectivity index (χ4n) is 2.26. The molecule has 1 aromatic heterocycles. The molecule has 0 unspecified atom stereocenters. The highest BCUT2D eigenvalue weighted by atomic mass is 32.2. The van der Waals surface area contributed by atoms with Gasteiger partial charge in [-0.1, -0.05) is 0 Å². The Morgan fingerprint density at radius 3 is 2.64 bits per heavy atom. The van der Waals surface area contributed by atoms with E-state index in [4.69, 9.17) is 9.15 Å². The van der Waals surface area contributed by atoms with E-state index < -0.39 is 10.0 Å². The zero-order valence-corrected chi connectivity index (χ0v) is 15.3. The van der Waals surface area contributed by atoms with Crippen molar-refractivity contribution in [2.24, 2.45) is 0 Å². The van der Waals surface area contributed by atoms with Crippen molar-refractivity contribution in [3.05, 3.63) is 47.9 Å². The second kappa shape index (κ2) is 8.17. The summed E-state index contributed by atoms with van der Waals surface area (Å²) < 4.78 is 36.1. The molecule has 0 spiro atoms. The second-order valence-corrected chi connectivity index (χ2v) is 7.77. The van der Waals surface area contributed by atoms with Crippen molar-refractivity contribution in [1.82, 2.24) is 9.62 Å². The van der Waals surface area contributed by atoms with E-state index in [1.165, 1.54) is 27.3 Å². The average Bonchev–Trinajstić information content (AvgIpc) is 3.11. The number of sulfonamides is 1. The van der Waals surface area contributed by atoms with Crippen molar-refractivity contribution in [3.8, 4) is 5.75 Å². The van der Waals surface area contributed by atoms with E-state index in [0.717, 1.165) is 4.31 Å². The Morgan fingerprint density at radius 2 is 2.04 bits per heavy atom. The fourth-order valence-corrected chi connectivity index (χ4v) is 3.21. The number of hydrogen-bond acceptors (Lipinski definition) is 5. The Morgan fingerprint density at radius 1 is 1.28 bits per heavy atom. The van der Waals surface area contributed by atoms with Gasteiger partial charge in [-0.05, 0) is 42.3 Å². The van der Waals surface area contributed by atoms with Crippen LogP contribution in [0.5, 0.6) is 5.75 Å². The van der Waals surface area contributed by atoms with Gasteiger partial charge < -0.3 is 14.5 Å². The number of furan rings is 1. The molecular weight excluding hydrogens is 344 g/mol. The molecule has 0 fully saturated rings. The molecule has 1 aromatic carbocycles. The normalized spacial score (nSPS) is 11.5. The van der Waals surface area contributed by atoms with E-state index in [0.29, 0.717) is 30.0 Å². The number of rotatable bonds is 8. The van der Waals surface area contributed by atoms with Gasteiger partial charge in [-0.2, -0.15) is 0 Å². The summed E-state index contributed by atoms with van der Waals surface area (Å²) in [6, 6.07) is 8.18. The molecule has 0 atom stereocenters. The molecule has 8 heteroatoms. The number of ether oxygens (including phenoxy) is 1. The predicted octanol–water partition coefficient (Wildman–Crippen LogP) is 1.79. The smallest absolute Gasteiger partial charge is 0.242 e. The maximum Gasteiger partial charge on any atom is 0.242 e. The number of carbonyl (C=O) groups is 1. The van der Waals surface area contributed by atoms with E-state index in [9.17, 15) is 13.2 Å². The van der Waals surface area contributed by atoms with Crippen LogP contribution < -0.4 is 10.1 Å². The number of nitrogens with zero attached hydrogens (tertiary/aromatic N) is 1. The first kappa shape index (κ1) is 19.0. The molecule has 136 valence electrons. The topological polar surface area (TPSA) is 88.9 Å². The third-order valence-electron chi connectivity index (χ3n) is 3.69. The Balaban J connectivity index is 2.05. The summed E-state index contributed by atoms with van der Waals surface area (Å²) >= 11 is 0. The van der Waals surface area contributed by atoms with Crippen LogP contribution >= 0.6 is 0 Å². The number of carbonyl (C=O) groups excluding carboxylic acids is 1. The lowest BCUT2D eigenvalue weighted by Gasteiger charge is -2.14. The van der Waals surface area contributed by atoms with E-state index >= 15 is 0 Å². The molecule has 25 heavy (non-hydrogen) atoms. The lowest BCUT2D eigenvalue weighted by atomic mass is 10.1. The molecule has 7 nitrogen and oxygen atoms in total. The predicted molar refractivity (Wildman–Crippen MR) is 92.7 cm³/mol. The minimum Gasteiger partial charge on any atom is -0.496 e. The minimum atomic E-state index is -3.54. The fraction of sp³-hybridized carbons (Fsp3) is 0.353. The van der Waals surface area contributed by atoms with E-state index in [2.05, 4.69) is 5.32 Å². The van der Waals surface area contributed by atoms with Gasteiger partial charge in [-0.25, -0.2) is 12.7 Å². The molecule has 0 radical (unpaired) electrons. The van der Waals surface area contributed by atoms with Crippen LogP contribution in [0.2, 0.25) is 0 Å². The quantitative estimate of drug-likeness (QED) is 0.769. The number of methoxy groups -OCH3 is 1. The van der Waals surface area contributed by atoms with Crippen LogP contribution in [0.1, 0.15) is 17.7 Å². The lowest BCUT2D eigenvalue weighted by molar-refractivity contribution is -0.121. The van der Waals surface area contributed by atoms with Crippen molar-refractivity contribution in [2.75, 3.05) is 21.2 Å². The number of nitrogens with one attached hydrogen (secondary N) is 1. The second-order valence-electron chi connectivity index (χ2n) is 5.62. The molecule has 0 saturated heterocycles. The van der Waals surface area contributed by atoms with Gasteiger partial charge in [0.15, 0.2) is 0 Å². The highest BCUT2D eigenvalue weighted by Gasteiger charge is 2.19. The number of benzene rings is 1. The lowest BCUT2D eigenvalue weighted by Crippen LogP contribution is -2.23. The first-order valence-electron chi connectivity index (χ1n) is 7.73. The summed E-state index contributed by atoms with van der Waals surface area (Å²) in [7, 11) is 0.919. The zero-order valence-electron chi connectivity index (χ0n) is 14.5. The monoisotopic (exact) mass is 366 g/mol. The van der Waals surface area contributed by atoms with Crippen molar-refractivity contribution in [1.29, 1.82) is 0 Å². The van der Waals surface area contributed by atoms with E-state index in [-0.39, 0.29) is 17.2 Å². The maximum absolute atomic E-state index is 12.3. The van der Waals surface area contributed by atoms with Gasteiger partial charge in [0.2, 0.25) is 15.9 Å². The molecule has 0 bridgehead atoms. The Bertz CT molecular complexity index is 814. The van der Waals surface area contributed by atoms with Crippen LogP contribution in [0.25, 0.3) is 0 Å². The molecular formula is C17H22N2O5S. The van der Waals surface area contributed by atoms with Gasteiger partial charge in [0, 0.05) is 20.5 Å². The summed E-state index contributed by atoms with van der Waals surface area (Å²) in [5.74, 6) is 1.07. The summed E-state index contributed by atoms with van der Waals surface area (Å²) in [6.07, 6.45) is 2.12. The van der Waals surface area contributed by atoms with Crippen LogP contribution in [0.3, 0.4) is 0 Å². The summed E-state index contributed by atoms with van der Waals surface area (Å²) in [4.78, 5) is 12.2. The Labute approximate surface area is 147 Å². The number of hydrogen-bond donors (Lipinski definition) is 1. The molecule has 1 heterocycles. The van der Waals surface area contributed by atoms with Gasteiger partial charge >= 0.3 is 0 Å². The Kier molecular flexibility index (Phi) is 6.22. The molecule has 0 aliphatic rings. The third kappa shape index (κ3) is 4.83. The van der Waals surface area contributed by atoms with Crippen LogP contribution in [0, 0.1) is 0 Å². The van der Waals surface area contributed by atoms with Gasteiger partial charge in [0.25, 0.3) is 0 Å². The first-order valence-corrected chi connectivity index (χ1v) is 9.17. The van der Waals surface area contributed by atoms with Crippen LogP contribution in [0.15, 0.2) is 45.9 Å². The number of amides is 1. The van der Waals surface area contributed by atoms with Crippen molar-refractivity contribution < 1.29 is 22.4 Å². The van der Waals surface area contributed by atoms with E-state index in [1.54, 1.807) is 30.5 Å². The number of aryl methyl sites for hydroxylation is 1. The highest BCUT2D eigenvalue weighted by Crippen LogP contribution is 2.25. The summed E-state index contributed by atoms with van der Waals surface area (Å²) in [5.41, 5.74) is 0.665. The van der Waals surface area contributed by atoms with Crippen LogP contribution in [0.4, 0.5) is 0 Å². The summed E-state index contributed by atoms with van der Waals surface area (Å²) in [6.45, 7) is 0.317. The van der Waals surface area contributed by atoms with E-state index in [1.807, 2.05) is 0 Å². The summed E-state index contributed by atoms with van der Waals surface area (Å²) in [5, 5.41) is 2.76. The minimum absolute atomic E-state index is 0.153. The van der Waals surface area contributed by atoms with Crippen molar-refractivity contribution >= 4 is 15.9 Å². The zero-order chi connectivity index (χ0) is 18.4. The van der Waals surface area contributed by atoms with Gasteiger partial charge in [0.05, 0.1) is 24.8 Å². The maximum atomic E-state index is 12.3. The van der Waals surface area contributed by atoms with Crippen LogP contribution in [-0.2, 0) is 27.8 Å². The van der Waals surface area contributed by atoms with Crippen molar-refractivity contribution in [2.45, 2.75) is 24.3 Å². The molecule has 2 rings (SSSR count). The van der Waals surface area contributed by atoms with Gasteiger partial charge in [-0.3, -0.25) is 4.79 Å². The molecule has 0 aliphatic carbocycles. The highest BCUT2D eigenvalue weighted by molar-refractivity contribution is 7.89. The van der Waals surface area contributed by atoms with Crippen molar-refractivity contribution in [3.63, 3.8) is 0 Å². The largest absolute Gasteiger partial charge is 0.496 e. The molecule has 1 amide bonds. The SMILES string of the molecule is COc1ccc(S(=O)(=O)N(C)C)cc1CCC(=O)NCc1ccco1. The Hall–Kier alpha value is -2.32. The third-order valence-corrected chi connectivity index (χ3v) is 5.50. The molecule has 0 saturated carbocycles. The first-order chi connectivity index (χ1) is 11.8. The standard InChI is InChI=1S/C17H22N2O5S/c1-19(2)25(21,22)15-7-8-16(23-3)13(11-15)6-9-17(20)18-12-14-5-4-10-24-14/h4-5,7-8,10-11H,6,9,12H2,1-3H3,(H,18,20). The average molecular weight is 366 g/mol. The van der Waals surface area contributed by atoms with Gasteiger partial charge in [0.1, 0.15) is 11.5 Å². The molecule has 1 N–H and O–H groups in total. The van der Waals surface area contributed by atoms with Gasteiger partial charge in [-0.15, -0.1) is 0 Å². The molecule has 0 aliphatic heterocycles. The van der Waals surface area contributed by atoms with Crippen LogP contribution in [-0.4, -0.2) is 39.8 Å². The molecule has 2 aromatic rings.